The third-order valence-corrected chi connectivity index (χ3v) is 5.05. The number of rotatable bonds is 9. The highest BCUT2D eigenvalue weighted by Crippen LogP contribution is 2.42. The van der Waals surface area contributed by atoms with Gasteiger partial charge in [-0.1, -0.05) is 11.6 Å². The van der Waals surface area contributed by atoms with Crippen LogP contribution in [0, 0.1) is 6.92 Å². The lowest BCUT2D eigenvalue weighted by Crippen LogP contribution is -2.43. The molecule has 3 N–H and O–H groups in total. The zero-order chi connectivity index (χ0) is 22.4. The van der Waals surface area contributed by atoms with Gasteiger partial charge in [0.1, 0.15) is 23.7 Å². The molecule has 9 heteroatoms. The van der Waals surface area contributed by atoms with Crippen LogP contribution in [0.5, 0.6) is 11.5 Å². The highest BCUT2D eigenvalue weighted by Gasteiger charge is 2.31. The van der Waals surface area contributed by atoms with Crippen LogP contribution in [0.3, 0.4) is 0 Å². The van der Waals surface area contributed by atoms with E-state index < -0.39 is 30.5 Å². The van der Waals surface area contributed by atoms with Crippen LogP contribution in [0.4, 0.5) is 0 Å². The predicted octanol–water partition coefficient (Wildman–Crippen LogP) is 1.30. The Morgan fingerprint density at radius 1 is 1.30 bits per heavy atom. The lowest BCUT2D eigenvalue weighted by molar-refractivity contribution is -0.146. The van der Waals surface area contributed by atoms with Crippen LogP contribution in [-0.2, 0) is 32.1 Å². The summed E-state index contributed by atoms with van der Waals surface area (Å²) in [6.45, 7) is 3.19. The number of amides is 1. The van der Waals surface area contributed by atoms with E-state index in [0.29, 0.717) is 29.7 Å². The molecule has 1 aromatic carbocycles. The van der Waals surface area contributed by atoms with Gasteiger partial charge in [-0.3, -0.25) is 4.79 Å². The molecule has 0 fully saturated rings. The third-order valence-electron chi connectivity index (χ3n) is 5.05. The van der Waals surface area contributed by atoms with Crippen molar-refractivity contribution in [2.24, 2.45) is 0 Å². The molecule has 164 valence electrons. The topological polar surface area (TPSA) is 131 Å². The number of cyclic esters (lactones) is 1. The predicted molar refractivity (Wildman–Crippen MR) is 106 cm³/mol. The second-order valence-corrected chi connectivity index (χ2v) is 7.00. The lowest BCUT2D eigenvalue weighted by atomic mass is 9.94. The van der Waals surface area contributed by atoms with E-state index in [1.165, 1.54) is 14.2 Å². The number of hydrogen-bond acceptors (Lipinski definition) is 8. The van der Waals surface area contributed by atoms with Gasteiger partial charge >= 0.3 is 11.9 Å². The minimum Gasteiger partial charge on any atom is -0.507 e. The average Bonchev–Trinajstić information content (AvgIpc) is 3.13. The summed E-state index contributed by atoms with van der Waals surface area (Å²) in [6, 6.07) is -1.10. The largest absolute Gasteiger partial charge is 0.507 e. The Morgan fingerprint density at radius 3 is 2.60 bits per heavy atom. The normalized spacial score (nSPS) is 14.0. The fourth-order valence-electron chi connectivity index (χ4n) is 3.30. The van der Waals surface area contributed by atoms with Crippen LogP contribution >= 0.6 is 0 Å². The van der Waals surface area contributed by atoms with Crippen molar-refractivity contribution in [2.45, 2.75) is 45.8 Å². The molecule has 0 saturated carbocycles. The number of hydrogen-bond donors (Lipinski definition) is 3. The number of carbonyl (C=O) groups is 3. The molecule has 0 aliphatic carbocycles. The van der Waals surface area contributed by atoms with E-state index >= 15 is 0 Å². The average molecular weight is 421 g/mol. The van der Waals surface area contributed by atoms with E-state index in [1.54, 1.807) is 0 Å². The molecular weight excluding hydrogens is 394 g/mol. The van der Waals surface area contributed by atoms with Gasteiger partial charge in [-0.2, -0.15) is 0 Å². The Labute approximate surface area is 174 Å². The number of aromatic hydroxyl groups is 1. The molecule has 0 spiro atoms. The molecule has 1 aromatic rings. The molecule has 9 nitrogen and oxygen atoms in total. The molecule has 0 unspecified atom stereocenters. The molecule has 30 heavy (non-hydrogen) atoms. The molecule has 1 aliphatic rings. The molecule has 0 aromatic heterocycles. The standard InChI is InChI=1S/C21H27NO8/c1-11(6-8-16(24)22-15(9-23)20(26)29-4)5-7-13-18(25)17-14(10-30-21(17)27)12(2)19(13)28-3/h5,15,23,25H,6-10H2,1-4H3,(H,22,24)/b11-5+/t15-/m0/s1. The molecule has 1 aliphatic heterocycles. The van der Waals surface area contributed by atoms with Crippen LogP contribution in [-0.4, -0.2) is 54.9 Å². The van der Waals surface area contributed by atoms with Gasteiger partial charge in [0.05, 0.1) is 20.8 Å². The van der Waals surface area contributed by atoms with Crippen molar-refractivity contribution in [3.8, 4) is 11.5 Å². The van der Waals surface area contributed by atoms with Crippen LogP contribution in [0.1, 0.15) is 46.8 Å². The van der Waals surface area contributed by atoms with Gasteiger partial charge in [0, 0.05) is 17.5 Å². The first-order chi connectivity index (χ1) is 14.2. The van der Waals surface area contributed by atoms with Gasteiger partial charge in [-0.25, -0.2) is 9.59 Å². The van der Waals surface area contributed by atoms with Crippen LogP contribution < -0.4 is 10.1 Å². The molecular formula is C21H27NO8. The summed E-state index contributed by atoms with van der Waals surface area (Å²) in [5.74, 6) is -1.33. The fourth-order valence-corrected chi connectivity index (χ4v) is 3.30. The summed E-state index contributed by atoms with van der Waals surface area (Å²) >= 11 is 0. The molecule has 0 radical (unpaired) electrons. The molecule has 1 heterocycles. The highest BCUT2D eigenvalue weighted by atomic mass is 16.5. The number of aliphatic hydroxyl groups excluding tert-OH is 1. The number of phenolic OH excluding ortho intramolecular Hbond substituents is 1. The molecule has 0 saturated heterocycles. The minimum atomic E-state index is -1.10. The van der Waals surface area contributed by atoms with Crippen molar-refractivity contribution in [3.05, 3.63) is 33.9 Å². The summed E-state index contributed by atoms with van der Waals surface area (Å²) in [5.41, 5.74) is 2.88. The first kappa shape index (κ1) is 23.2. The number of esters is 2. The quantitative estimate of drug-likeness (QED) is 0.402. The summed E-state index contributed by atoms with van der Waals surface area (Å²) < 4.78 is 15.0. The van der Waals surface area contributed by atoms with Gasteiger partial charge in [0.2, 0.25) is 5.91 Å². The van der Waals surface area contributed by atoms with E-state index in [2.05, 4.69) is 10.1 Å². The Bertz CT molecular complexity index is 874. The van der Waals surface area contributed by atoms with Crippen molar-refractivity contribution < 1.29 is 38.8 Å². The molecule has 2 rings (SSSR count). The number of fused-ring (bicyclic) bond motifs is 1. The zero-order valence-corrected chi connectivity index (χ0v) is 17.5. The van der Waals surface area contributed by atoms with Gasteiger partial charge < -0.3 is 29.7 Å². The van der Waals surface area contributed by atoms with Gasteiger partial charge in [-0.15, -0.1) is 0 Å². The first-order valence-corrected chi connectivity index (χ1v) is 9.47. The second kappa shape index (κ2) is 10.1. The smallest absolute Gasteiger partial charge is 0.342 e. The maximum Gasteiger partial charge on any atom is 0.342 e. The number of aliphatic hydroxyl groups is 1. The summed E-state index contributed by atoms with van der Waals surface area (Å²) in [4.78, 5) is 35.4. The van der Waals surface area contributed by atoms with Crippen LogP contribution in [0.2, 0.25) is 0 Å². The zero-order valence-electron chi connectivity index (χ0n) is 17.5. The van der Waals surface area contributed by atoms with Crippen LogP contribution in [0.25, 0.3) is 0 Å². The number of ether oxygens (including phenoxy) is 3. The van der Waals surface area contributed by atoms with E-state index in [1.807, 2.05) is 19.9 Å². The maximum atomic E-state index is 12.0. The fraction of sp³-hybridized carbons (Fsp3) is 0.476. The van der Waals surface area contributed by atoms with E-state index in [4.69, 9.17) is 14.6 Å². The van der Waals surface area contributed by atoms with Gasteiger partial charge in [-0.05, 0) is 32.3 Å². The van der Waals surface area contributed by atoms with Crippen molar-refractivity contribution in [3.63, 3.8) is 0 Å². The summed E-state index contributed by atoms with van der Waals surface area (Å²) in [6.07, 6.45) is 2.64. The monoisotopic (exact) mass is 421 g/mol. The van der Waals surface area contributed by atoms with Crippen molar-refractivity contribution in [1.82, 2.24) is 5.32 Å². The number of methoxy groups -OCH3 is 2. The second-order valence-electron chi connectivity index (χ2n) is 7.00. The Balaban J connectivity index is 2.08. The SMILES string of the molecule is COC(=O)[C@H](CO)NC(=O)CC/C(C)=C/Cc1c(O)c2c(c(C)c1OC)COC2=O. The summed E-state index contributed by atoms with van der Waals surface area (Å²) in [5, 5.41) is 22.2. The van der Waals surface area contributed by atoms with Crippen molar-refractivity contribution >= 4 is 17.8 Å². The number of nitrogens with one attached hydrogen (secondary N) is 1. The molecule has 1 amide bonds. The Hall–Kier alpha value is -3.07. The number of phenols is 1. The van der Waals surface area contributed by atoms with Crippen LogP contribution in [0.15, 0.2) is 11.6 Å². The Morgan fingerprint density at radius 2 is 2.00 bits per heavy atom. The van der Waals surface area contributed by atoms with Gasteiger partial charge in [0.25, 0.3) is 0 Å². The summed E-state index contributed by atoms with van der Waals surface area (Å²) in [7, 11) is 2.67. The highest BCUT2D eigenvalue weighted by molar-refractivity contribution is 5.98. The minimum absolute atomic E-state index is 0.106. The first-order valence-electron chi connectivity index (χ1n) is 9.47. The number of carbonyl (C=O) groups excluding carboxylic acids is 3. The molecule has 0 bridgehead atoms. The Kier molecular flexibility index (Phi) is 7.82. The molecule has 1 atom stereocenters. The third kappa shape index (κ3) is 4.91. The lowest BCUT2D eigenvalue weighted by Gasteiger charge is -2.16. The number of allylic oxidation sites excluding steroid dienone is 2. The van der Waals surface area contributed by atoms with Crippen molar-refractivity contribution in [2.75, 3.05) is 20.8 Å². The number of benzene rings is 1. The van der Waals surface area contributed by atoms with E-state index in [9.17, 15) is 19.5 Å². The maximum absolute atomic E-state index is 12.0. The van der Waals surface area contributed by atoms with Crippen molar-refractivity contribution in [1.29, 1.82) is 0 Å². The van der Waals surface area contributed by atoms with E-state index in [0.717, 1.165) is 11.1 Å². The van der Waals surface area contributed by atoms with E-state index in [-0.39, 0.29) is 24.3 Å². The van der Waals surface area contributed by atoms with Gasteiger partial charge in [0.15, 0.2) is 6.04 Å².